The van der Waals surface area contributed by atoms with E-state index in [4.69, 9.17) is 0 Å². The highest BCUT2D eigenvalue weighted by atomic mass is 16.2. The Bertz CT molecular complexity index is 180. The van der Waals surface area contributed by atoms with Crippen LogP contribution in [0.4, 0.5) is 0 Å². The van der Waals surface area contributed by atoms with Crippen molar-refractivity contribution in [2.75, 3.05) is 19.6 Å². The van der Waals surface area contributed by atoms with Gasteiger partial charge in [-0.3, -0.25) is 4.79 Å². The molecule has 1 rings (SSSR count). The van der Waals surface area contributed by atoms with E-state index in [0.29, 0.717) is 0 Å². The molecule has 4 nitrogen and oxygen atoms in total. The van der Waals surface area contributed by atoms with Crippen LogP contribution in [0.2, 0.25) is 0 Å². The fourth-order valence-electron chi connectivity index (χ4n) is 1.30. The Hall–Kier alpha value is -0.610. The summed E-state index contributed by atoms with van der Waals surface area (Å²) < 4.78 is 0. The number of hydrogen-bond donors (Lipinski definition) is 3. The van der Waals surface area contributed by atoms with Gasteiger partial charge < -0.3 is 16.0 Å². The third kappa shape index (κ3) is 3.74. The van der Waals surface area contributed by atoms with Crippen molar-refractivity contribution in [2.45, 2.75) is 32.4 Å². The fourth-order valence-corrected chi connectivity index (χ4v) is 1.30. The summed E-state index contributed by atoms with van der Waals surface area (Å²) in [4.78, 5) is 11.6. The summed E-state index contributed by atoms with van der Waals surface area (Å²) in [6, 6.07) is -0.0759. The minimum absolute atomic E-state index is 0.0759. The van der Waals surface area contributed by atoms with E-state index < -0.39 is 0 Å². The van der Waals surface area contributed by atoms with Crippen LogP contribution in [0.5, 0.6) is 0 Å². The molecule has 0 spiro atoms. The predicted molar refractivity (Wildman–Crippen MR) is 52.6 cm³/mol. The first kappa shape index (κ1) is 10.5. The molecule has 13 heavy (non-hydrogen) atoms. The van der Waals surface area contributed by atoms with Crippen LogP contribution in [0.15, 0.2) is 0 Å². The van der Waals surface area contributed by atoms with Crippen LogP contribution in [0.25, 0.3) is 0 Å². The highest BCUT2D eigenvalue weighted by molar-refractivity contribution is 5.82. The molecule has 3 N–H and O–H groups in total. The SMILES string of the molecule is CC(C)(C)NC(=O)C1CNCCN1. The van der Waals surface area contributed by atoms with Gasteiger partial charge in [0.2, 0.25) is 5.91 Å². The Kier molecular flexibility index (Phi) is 3.27. The van der Waals surface area contributed by atoms with E-state index >= 15 is 0 Å². The van der Waals surface area contributed by atoms with Gasteiger partial charge in [-0.15, -0.1) is 0 Å². The molecule has 0 saturated carbocycles. The molecule has 1 unspecified atom stereocenters. The number of rotatable bonds is 1. The van der Waals surface area contributed by atoms with Gasteiger partial charge in [0.1, 0.15) is 0 Å². The molecule has 76 valence electrons. The second kappa shape index (κ2) is 4.07. The topological polar surface area (TPSA) is 53.2 Å². The molecule has 0 aliphatic carbocycles. The van der Waals surface area contributed by atoms with Crippen LogP contribution in [0.1, 0.15) is 20.8 Å². The summed E-state index contributed by atoms with van der Waals surface area (Å²) in [6.45, 7) is 8.49. The van der Waals surface area contributed by atoms with E-state index in [1.54, 1.807) is 0 Å². The molecule has 1 atom stereocenters. The quantitative estimate of drug-likeness (QED) is 0.514. The Labute approximate surface area is 79.5 Å². The number of piperazine rings is 1. The van der Waals surface area contributed by atoms with Gasteiger partial charge in [0.05, 0.1) is 6.04 Å². The standard InChI is InChI=1S/C9H19N3O/c1-9(2,3)12-8(13)7-6-10-4-5-11-7/h7,10-11H,4-6H2,1-3H3,(H,12,13). The normalized spacial score (nSPS) is 24.1. The van der Waals surface area contributed by atoms with Gasteiger partial charge in [0, 0.05) is 25.2 Å². The van der Waals surface area contributed by atoms with Crippen LogP contribution < -0.4 is 16.0 Å². The predicted octanol–water partition coefficient (Wildman–Crippen LogP) is -0.537. The zero-order valence-electron chi connectivity index (χ0n) is 8.61. The van der Waals surface area contributed by atoms with Crippen molar-refractivity contribution in [3.05, 3.63) is 0 Å². The first-order valence-electron chi connectivity index (χ1n) is 4.75. The van der Waals surface area contributed by atoms with Gasteiger partial charge in [0.15, 0.2) is 0 Å². The lowest BCUT2D eigenvalue weighted by molar-refractivity contribution is -0.124. The van der Waals surface area contributed by atoms with Crippen molar-refractivity contribution in [3.63, 3.8) is 0 Å². The highest BCUT2D eigenvalue weighted by Gasteiger charge is 2.23. The van der Waals surface area contributed by atoms with Crippen molar-refractivity contribution in [3.8, 4) is 0 Å². The van der Waals surface area contributed by atoms with E-state index in [2.05, 4.69) is 16.0 Å². The molecular formula is C9H19N3O. The fraction of sp³-hybridized carbons (Fsp3) is 0.889. The zero-order chi connectivity index (χ0) is 9.90. The molecule has 1 saturated heterocycles. The first-order valence-corrected chi connectivity index (χ1v) is 4.75. The summed E-state index contributed by atoms with van der Waals surface area (Å²) in [5.74, 6) is 0.0831. The van der Waals surface area contributed by atoms with Gasteiger partial charge >= 0.3 is 0 Å². The van der Waals surface area contributed by atoms with E-state index in [9.17, 15) is 4.79 Å². The van der Waals surface area contributed by atoms with Crippen LogP contribution in [0, 0.1) is 0 Å². The first-order chi connectivity index (χ1) is 5.99. The smallest absolute Gasteiger partial charge is 0.238 e. The maximum atomic E-state index is 11.6. The van der Waals surface area contributed by atoms with Crippen LogP contribution in [0.3, 0.4) is 0 Å². The van der Waals surface area contributed by atoms with E-state index in [0.717, 1.165) is 19.6 Å². The molecule has 0 aromatic rings. The maximum absolute atomic E-state index is 11.6. The maximum Gasteiger partial charge on any atom is 0.238 e. The van der Waals surface area contributed by atoms with Crippen molar-refractivity contribution in [1.82, 2.24) is 16.0 Å². The third-order valence-electron chi connectivity index (χ3n) is 1.86. The second-order valence-corrected chi connectivity index (χ2v) is 4.45. The van der Waals surface area contributed by atoms with E-state index in [1.807, 2.05) is 20.8 Å². The average Bonchev–Trinajstić information content (AvgIpc) is 2.03. The van der Waals surface area contributed by atoms with Crippen molar-refractivity contribution < 1.29 is 4.79 Å². The number of hydrogen-bond acceptors (Lipinski definition) is 3. The van der Waals surface area contributed by atoms with Crippen molar-refractivity contribution in [2.24, 2.45) is 0 Å². The molecular weight excluding hydrogens is 166 g/mol. The molecule has 0 bridgehead atoms. The van der Waals surface area contributed by atoms with Crippen LogP contribution >= 0.6 is 0 Å². The molecule has 0 aromatic carbocycles. The summed E-state index contributed by atoms with van der Waals surface area (Å²) in [6.07, 6.45) is 0. The molecule has 1 aliphatic heterocycles. The van der Waals surface area contributed by atoms with Gasteiger partial charge in [-0.05, 0) is 20.8 Å². The van der Waals surface area contributed by atoms with Crippen LogP contribution in [-0.2, 0) is 4.79 Å². The van der Waals surface area contributed by atoms with Gasteiger partial charge in [-0.1, -0.05) is 0 Å². The lowest BCUT2D eigenvalue weighted by Crippen LogP contribution is -2.58. The van der Waals surface area contributed by atoms with Crippen molar-refractivity contribution in [1.29, 1.82) is 0 Å². The minimum atomic E-state index is -0.143. The minimum Gasteiger partial charge on any atom is -0.350 e. The number of nitrogens with one attached hydrogen (secondary N) is 3. The number of carbonyl (C=O) groups is 1. The Morgan fingerprint density at radius 1 is 1.38 bits per heavy atom. The lowest BCUT2D eigenvalue weighted by atomic mass is 10.1. The van der Waals surface area contributed by atoms with E-state index in [1.165, 1.54) is 0 Å². The molecule has 4 heteroatoms. The zero-order valence-corrected chi connectivity index (χ0v) is 8.61. The highest BCUT2D eigenvalue weighted by Crippen LogP contribution is 1.99. The molecule has 1 aliphatic rings. The van der Waals surface area contributed by atoms with E-state index in [-0.39, 0.29) is 17.5 Å². The van der Waals surface area contributed by atoms with Crippen LogP contribution in [-0.4, -0.2) is 37.1 Å². The Morgan fingerprint density at radius 2 is 2.08 bits per heavy atom. The number of carbonyl (C=O) groups excluding carboxylic acids is 1. The average molecular weight is 185 g/mol. The van der Waals surface area contributed by atoms with Gasteiger partial charge in [-0.25, -0.2) is 0 Å². The summed E-state index contributed by atoms with van der Waals surface area (Å²) in [7, 11) is 0. The van der Waals surface area contributed by atoms with Crippen molar-refractivity contribution >= 4 is 5.91 Å². The number of amides is 1. The second-order valence-electron chi connectivity index (χ2n) is 4.45. The van der Waals surface area contributed by atoms with Gasteiger partial charge in [-0.2, -0.15) is 0 Å². The third-order valence-corrected chi connectivity index (χ3v) is 1.86. The Balaban J connectivity index is 2.38. The molecule has 1 heterocycles. The Morgan fingerprint density at radius 3 is 2.54 bits per heavy atom. The lowest BCUT2D eigenvalue weighted by Gasteiger charge is -2.28. The molecule has 1 amide bonds. The summed E-state index contributed by atoms with van der Waals surface area (Å²) >= 11 is 0. The largest absolute Gasteiger partial charge is 0.350 e. The molecule has 0 aromatic heterocycles. The van der Waals surface area contributed by atoms with Gasteiger partial charge in [0.25, 0.3) is 0 Å². The summed E-state index contributed by atoms with van der Waals surface area (Å²) in [5, 5.41) is 9.29. The summed E-state index contributed by atoms with van der Waals surface area (Å²) in [5.41, 5.74) is -0.143. The molecule has 0 radical (unpaired) electrons. The monoisotopic (exact) mass is 185 g/mol. The molecule has 1 fully saturated rings.